The van der Waals surface area contributed by atoms with Crippen LogP contribution >= 0.6 is 0 Å². The van der Waals surface area contributed by atoms with Crippen molar-refractivity contribution in [3.63, 3.8) is 0 Å². The van der Waals surface area contributed by atoms with Gasteiger partial charge in [0.25, 0.3) is 27.7 Å². The van der Waals surface area contributed by atoms with Gasteiger partial charge in [-0.2, -0.15) is 0 Å². The van der Waals surface area contributed by atoms with Crippen LogP contribution in [0.1, 0.15) is 76.3 Å². The van der Waals surface area contributed by atoms with Crippen LogP contribution in [0.25, 0.3) is 0 Å². The van der Waals surface area contributed by atoms with Gasteiger partial charge in [0.05, 0.1) is 10.5 Å². The highest BCUT2D eigenvalue weighted by molar-refractivity contribution is 7.90. The molecule has 0 spiro atoms. The minimum atomic E-state index is -4.25. The third-order valence-corrected chi connectivity index (χ3v) is 7.73. The SMILES string of the molecule is CCCCN(CCCC)C(=O)c1ccc(S(=O)(=O)NC(=O)c2ccc(C(=O)NCC(=O)OCc3ccccc3)nc2)cc1. The maximum absolute atomic E-state index is 13.0. The highest BCUT2D eigenvalue weighted by Crippen LogP contribution is 2.14. The number of carbonyl (C=O) groups is 4. The minimum Gasteiger partial charge on any atom is -0.460 e. The normalized spacial score (nSPS) is 10.9. The molecule has 0 bridgehead atoms. The van der Waals surface area contributed by atoms with Crippen molar-refractivity contribution in [2.45, 2.75) is 51.0 Å². The molecule has 2 aromatic carbocycles. The summed E-state index contributed by atoms with van der Waals surface area (Å²) in [6.45, 7) is 5.04. The van der Waals surface area contributed by atoms with Crippen LogP contribution < -0.4 is 10.0 Å². The molecular weight excluding hydrogens is 572 g/mol. The monoisotopic (exact) mass is 608 g/mol. The first kappa shape index (κ1) is 32.9. The van der Waals surface area contributed by atoms with E-state index in [4.69, 9.17) is 4.74 Å². The maximum Gasteiger partial charge on any atom is 0.325 e. The Morgan fingerprint density at radius 3 is 2.02 bits per heavy atom. The predicted molar refractivity (Wildman–Crippen MR) is 160 cm³/mol. The molecule has 0 aliphatic carbocycles. The lowest BCUT2D eigenvalue weighted by atomic mass is 10.1. The number of pyridine rings is 1. The smallest absolute Gasteiger partial charge is 0.325 e. The molecule has 1 aromatic heterocycles. The number of ether oxygens (including phenoxy) is 1. The largest absolute Gasteiger partial charge is 0.460 e. The van der Waals surface area contributed by atoms with Crippen LogP contribution in [-0.2, 0) is 26.2 Å². The van der Waals surface area contributed by atoms with E-state index < -0.39 is 27.8 Å². The number of hydrogen-bond donors (Lipinski definition) is 2. The summed E-state index contributed by atoms with van der Waals surface area (Å²) in [5.74, 6) is -2.43. The molecule has 0 saturated heterocycles. The number of sulfonamides is 1. The zero-order valence-electron chi connectivity index (χ0n) is 24.2. The van der Waals surface area contributed by atoms with E-state index in [0.29, 0.717) is 18.7 Å². The van der Waals surface area contributed by atoms with Crippen molar-refractivity contribution in [2.75, 3.05) is 19.6 Å². The van der Waals surface area contributed by atoms with Gasteiger partial charge in [-0.15, -0.1) is 0 Å². The molecule has 0 saturated carbocycles. The van der Waals surface area contributed by atoms with Gasteiger partial charge >= 0.3 is 5.97 Å². The maximum atomic E-state index is 13.0. The van der Waals surface area contributed by atoms with Gasteiger partial charge < -0.3 is 15.0 Å². The van der Waals surface area contributed by atoms with E-state index in [1.807, 2.05) is 36.8 Å². The summed E-state index contributed by atoms with van der Waals surface area (Å²) in [5, 5.41) is 2.38. The summed E-state index contributed by atoms with van der Waals surface area (Å²) >= 11 is 0. The van der Waals surface area contributed by atoms with Crippen LogP contribution in [0.5, 0.6) is 0 Å². The molecule has 0 radical (unpaired) electrons. The Morgan fingerprint density at radius 1 is 0.814 bits per heavy atom. The van der Waals surface area contributed by atoms with Crippen LogP contribution in [0.3, 0.4) is 0 Å². The van der Waals surface area contributed by atoms with Gasteiger partial charge in [-0.1, -0.05) is 57.0 Å². The lowest BCUT2D eigenvalue weighted by molar-refractivity contribution is -0.143. The van der Waals surface area contributed by atoms with Gasteiger partial charge in [-0.3, -0.25) is 24.2 Å². The molecule has 1 heterocycles. The number of esters is 1. The molecule has 0 aliphatic rings. The average molecular weight is 609 g/mol. The Hall–Kier alpha value is -4.58. The topological polar surface area (TPSA) is 152 Å². The number of unbranched alkanes of at least 4 members (excludes halogenated alkanes) is 2. The zero-order valence-corrected chi connectivity index (χ0v) is 25.1. The number of hydrogen-bond acceptors (Lipinski definition) is 8. The van der Waals surface area contributed by atoms with E-state index in [0.717, 1.165) is 37.4 Å². The molecule has 11 nitrogen and oxygen atoms in total. The van der Waals surface area contributed by atoms with Gasteiger partial charge in [-0.25, -0.2) is 13.1 Å². The van der Waals surface area contributed by atoms with Crippen LogP contribution in [0.4, 0.5) is 0 Å². The van der Waals surface area contributed by atoms with Gasteiger partial charge in [0.2, 0.25) is 0 Å². The second kappa shape index (κ2) is 16.2. The first-order valence-corrected chi connectivity index (χ1v) is 15.5. The van der Waals surface area contributed by atoms with Crippen LogP contribution in [-0.4, -0.2) is 61.6 Å². The lowest BCUT2D eigenvalue weighted by Crippen LogP contribution is -2.33. The fraction of sp³-hybridized carbons (Fsp3) is 0.323. The molecule has 0 unspecified atom stereocenters. The summed E-state index contributed by atoms with van der Waals surface area (Å²) in [4.78, 5) is 55.3. The Morgan fingerprint density at radius 2 is 1.44 bits per heavy atom. The van der Waals surface area contributed by atoms with Gasteiger partial charge in [0.15, 0.2) is 0 Å². The second-order valence-electron chi connectivity index (χ2n) is 9.72. The van der Waals surface area contributed by atoms with Crippen LogP contribution in [0, 0.1) is 0 Å². The zero-order chi connectivity index (χ0) is 31.2. The van der Waals surface area contributed by atoms with Crippen LogP contribution in [0.15, 0.2) is 77.8 Å². The Balaban J connectivity index is 1.55. The molecule has 43 heavy (non-hydrogen) atoms. The van der Waals surface area contributed by atoms with E-state index in [-0.39, 0.29) is 35.2 Å². The highest BCUT2D eigenvalue weighted by atomic mass is 32.2. The van der Waals surface area contributed by atoms with Crippen molar-refractivity contribution >= 4 is 33.7 Å². The molecular formula is C31H36N4O7S. The van der Waals surface area contributed by atoms with Crippen molar-refractivity contribution in [2.24, 2.45) is 0 Å². The summed E-state index contributed by atoms with van der Waals surface area (Å²) < 4.78 is 32.7. The van der Waals surface area contributed by atoms with E-state index >= 15 is 0 Å². The van der Waals surface area contributed by atoms with E-state index in [1.54, 1.807) is 17.0 Å². The first-order chi connectivity index (χ1) is 20.6. The van der Waals surface area contributed by atoms with E-state index in [1.165, 1.54) is 36.4 Å². The Labute approximate surface area is 251 Å². The Bertz CT molecular complexity index is 1490. The number of rotatable bonds is 15. The first-order valence-electron chi connectivity index (χ1n) is 14.0. The van der Waals surface area contributed by atoms with Crippen molar-refractivity contribution < 1.29 is 32.3 Å². The average Bonchev–Trinajstić information content (AvgIpc) is 3.02. The van der Waals surface area contributed by atoms with Gasteiger partial charge in [-0.05, 0) is 54.8 Å². The number of amides is 3. The molecule has 12 heteroatoms. The summed E-state index contributed by atoms with van der Waals surface area (Å²) in [6.07, 6.45) is 4.70. The van der Waals surface area contributed by atoms with E-state index in [9.17, 15) is 27.6 Å². The van der Waals surface area contributed by atoms with E-state index in [2.05, 4.69) is 10.3 Å². The summed E-state index contributed by atoms with van der Waals surface area (Å²) in [7, 11) is -4.25. The fourth-order valence-electron chi connectivity index (χ4n) is 3.91. The molecule has 2 N–H and O–H groups in total. The quantitative estimate of drug-likeness (QED) is 0.248. The lowest BCUT2D eigenvalue weighted by Gasteiger charge is -2.22. The minimum absolute atomic E-state index is 0.0689. The van der Waals surface area contributed by atoms with Crippen molar-refractivity contribution in [3.8, 4) is 0 Å². The summed E-state index contributed by atoms with van der Waals surface area (Å²) in [6, 6.07) is 16.9. The third-order valence-electron chi connectivity index (χ3n) is 6.38. The highest BCUT2D eigenvalue weighted by Gasteiger charge is 2.21. The molecule has 3 amide bonds. The Kier molecular flexibility index (Phi) is 12.4. The third kappa shape index (κ3) is 10.0. The van der Waals surface area contributed by atoms with Gasteiger partial charge in [0.1, 0.15) is 18.8 Å². The van der Waals surface area contributed by atoms with Crippen LogP contribution in [0.2, 0.25) is 0 Å². The molecule has 0 aliphatic heterocycles. The number of aromatic nitrogens is 1. The molecule has 228 valence electrons. The molecule has 3 rings (SSSR count). The molecule has 3 aromatic rings. The number of nitrogens with one attached hydrogen (secondary N) is 2. The molecule has 0 fully saturated rings. The van der Waals surface area contributed by atoms with Crippen molar-refractivity contribution in [3.05, 3.63) is 95.3 Å². The molecule has 0 atom stereocenters. The predicted octanol–water partition coefficient (Wildman–Crippen LogP) is 3.72. The van der Waals surface area contributed by atoms with Gasteiger partial charge in [0, 0.05) is 24.8 Å². The number of carbonyl (C=O) groups excluding carboxylic acids is 4. The number of nitrogens with zero attached hydrogens (tertiary/aromatic N) is 2. The summed E-state index contributed by atoms with van der Waals surface area (Å²) in [5.41, 5.74) is 0.984. The fourth-order valence-corrected chi connectivity index (χ4v) is 4.88. The van der Waals surface area contributed by atoms with Crippen molar-refractivity contribution in [1.29, 1.82) is 0 Å². The number of benzene rings is 2. The van der Waals surface area contributed by atoms with Crippen molar-refractivity contribution in [1.82, 2.24) is 19.9 Å². The second-order valence-corrected chi connectivity index (χ2v) is 11.4. The standard InChI is InChI=1S/C31H36N4O7S/c1-3-5-18-35(19-6-4-2)31(39)24-12-15-26(16-13-24)43(40,41)34-29(37)25-14-17-27(32-20-25)30(38)33-21-28(36)42-22-23-10-8-7-9-11-23/h7-17,20H,3-6,18-19,21-22H2,1-2H3,(H,33,38)(H,34,37).